The molecule has 2 saturated heterocycles. The minimum absolute atomic E-state index is 0.0148. The van der Waals surface area contributed by atoms with Crippen LogP contribution in [0.5, 0.6) is 0 Å². The van der Waals surface area contributed by atoms with Crippen molar-refractivity contribution in [1.29, 1.82) is 0 Å². The number of carbonyl (C=O) groups is 2. The van der Waals surface area contributed by atoms with Gasteiger partial charge in [-0.15, -0.1) is 0 Å². The van der Waals surface area contributed by atoms with Crippen molar-refractivity contribution in [1.82, 2.24) is 20.7 Å². The van der Waals surface area contributed by atoms with Crippen molar-refractivity contribution in [2.24, 2.45) is 11.8 Å². The number of rotatable bonds is 8. The highest BCUT2D eigenvalue weighted by atomic mass is 16.5. The van der Waals surface area contributed by atoms with E-state index in [2.05, 4.69) is 20.7 Å². The summed E-state index contributed by atoms with van der Waals surface area (Å²) in [5, 5.41) is 10.2. The van der Waals surface area contributed by atoms with Crippen molar-refractivity contribution in [3.8, 4) is 0 Å². The predicted octanol–water partition coefficient (Wildman–Crippen LogP) is 1.69. The van der Waals surface area contributed by atoms with Crippen molar-refractivity contribution < 1.29 is 18.8 Å². The Morgan fingerprint density at radius 3 is 2.60 bits per heavy atom. The summed E-state index contributed by atoms with van der Waals surface area (Å²) in [7, 11) is 0. The Balaban J connectivity index is 1.48. The number of nitrogens with zero attached hydrogens (tertiary/aromatic N) is 2. The Labute approximate surface area is 178 Å². The van der Waals surface area contributed by atoms with Gasteiger partial charge in [0.15, 0.2) is 0 Å². The number of hydrogen-bond acceptors (Lipinski definition) is 6. The van der Waals surface area contributed by atoms with Crippen LogP contribution >= 0.6 is 0 Å². The van der Waals surface area contributed by atoms with E-state index >= 15 is 0 Å². The Morgan fingerprint density at radius 2 is 1.97 bits per heavy atom. The molecule has 0 bridgehead atoms. The van der Waals surface area contributed by atoms with Gasteiger partial charge in [0.2, 0.25) is 11.8 Å². The van der Waals surface area contributed by atoms with Crippen molar-refractivity contribution >= 4 is 11.8 Å². The molecule has 2 aliphatic heterocycles. The molecule has 2 N–H and O–H groups in total. The smallest absolute Gasteiger partial charge is 0.222 e. The van der Waals surface area contributed by atoms with Gasteiger partial charge in [0.25, 0.3) is 0 Å². The number of carbonyl (C=O) groups excluding carboxylic acids is 2. The van der Waals surface area contributed by atoms with Crippen LogP contribution < -0.4 is 10.6 Å². The van der Waals surface area contributed by atoms with Crippen molar-refractivity contribution in [2.45, 2.75) is 84.2 Å². The van der Waals surface area contributed by atoms with E-state index in [-0.39, 0.29) is 41.8 Å². The number of likely N-dealkylation sites (tertiary alicyclic amines) is 1. The van der Waals surface area contributed by atoms with E-state index in [1.54, 1.807) is 0 Å². The summed E-state index contributed by atoms with van der Waals surface area (Å²) < 4.78 is 11.5. The fourth-order valence-corrected chi connectivity index (χ4v) is 5.04. The molecule has 2 amide bonds. The summed E-state index contributed by atoms with van der Waals surface area (Å²) in [6, 6.07) is 0.671. The van der Waals surface area contributed by atoms with E-state index in [1.165, 1.54) is 0 Å². The number of fused-ring (bicyclic) bond motifs is 1. The Morgan fingerprint density at radius 1 is 1.20 bits per heavy atom. The fraction of sp³-hybridized carbons (Fsp3) is 0.773. The first-order valence-corrected chi connectivity index (χ1v) is 11.2. The van der Waals surface area contributed by atoms with E-state index in [4.69, 9.17) is 9.26 Å². The van der Waals surface area contributed by atoms with Crippen LogP contribution in [-0.4, -0.2) is 59.3 Å². The maximum absolute atomic E-state index is 12.6. The van der Waals surface area contributed by atoms with Gasteiger partial charge in [-0.2, -0.15) is 0 Å². The molecule has 0 aromatic carbocycles. The van der Waals surface area contributed by atoms with Gasteiger partial charge in [-0.1, -0.05) is 5.16 Å². The van der Waals surface area contributed by atoms with Crippen LogP contribution in [0.3, 0.4) is 0 Å². The molecule has 1 aromatic rings. The number of nitrogens with one attached hydrogen (secondary N) is 2. The molecular weight excluding hydrogens is 384 g/mol. The number of ether oxygens (including phenoxy) is 1. The second kappa shape index (κ2) is 8.67. The second-order valence-electron chi connectivity index (χ2n) is 9.48. The van der Waals surface area contributed by atoms with Crippen LogP contribution in [0, 0.1) is 25.7 Å². The Kier molecular flexibility index (Phi) is 6.16. The van der Waals surface area contributed by atoms with Crippen LogP contribution in [-0.2, 0) is 20.9 Å². The van der Waals surface area contributed by atoms with E-state index in [0.717, 1.165) is 42.9 Å². The molecule has 3 heterocycles. The van der Waals surface area contributed by atoms with Crippen molar-refractivity contribution in [3.05, 3.63) is 17.0 Å². The van der Waals surface area contributed by atoms with Crippen LogP contribution in [0.25, 0.3) is 0 Å². The maximum Gasteiger partial charge on any atom is 0.222 e. The normalized spacial score (nSPS) is 28.7. The summed E-state index contributed by atoms with van der Waals surface area (Å²) >= 11 is 0. The molecule has 1 aromatic heterocycles. The molecule has 166 valence electrons. The highest BCUT2D eigenvalue weighted by Crippen LogP contribution is 2.42. The van der Waals surface area contributed by atoms with Gasteiger partial charge in [0.1, 0.15) is 5.76 Å². The van der Waals surface area contributed by atoms with E-state index < -0.39 is 0 Å². The molecule has 1 aliphatic carbocycles. The largest absolute Gasteiger partial charge is 0.376 e. The third-order valence-corrected chi connectivity index (χ3v) is 6.61. The summed E-state index contributed by atoms with van der Waals surface area (Å²) in [6.45, 7) is 9.97. The van der Waals surface area contributed by atoms with Gasteiger partial charge in [-0.3, -0.25) is 14.5 Å². The highest BCUT2D eigenvalue weighted by molar-refractivity contribution is 5.77. The lowest BCUT2D eigenvalue weighted by Crippen LogP contribution is -2.37. The zero-order chi connectivity index (χ0) is 21.4. The molecule has 8 nitrogen and oxygen atoms in total. The van der Waals surface area contributed by atoms with Crippen molar-refractivity contribution in [3.63, 3.8) is 0 Å². The summed E-state index contributed by atoms with van der Waals surface area (Å²) in [6.07, 6.45) is 2.85. The van der Waals surface area contributed by atoms with E-state index in [1.807, 2.05) is 27.7 Å². The SMILES string of the molecule is Cc1noc(C)c1CN1C[C@@H](CC(=O)NC2CC2)[C@H]2[C@H](CC(=O)NC(C)C)OC[C@H]21. The van der Waals surface area contributed by atoms with E-state index in [0.29, 0.717) is 25.5 Å². The maximum atomic E-state index is 12.6. The fourth-order valence-electron chi connectivity index (χ4n) is 5.04. The summed E-state index contributed by atoms with van der Waals surface area (Å²) in [5.74, 6) is 1.33. The summed E-state index contributed by atoms with van der Waals surface area (Å²) in [5.41, 5.74) is 2.02. The Bertz CT molecular complexity index is 769. The third kappa shape index (κ3) is 4.70. The molecule has 3 aliphatic rings. The van der Waals surface area contributed by atoms with Crippen LogP contribution in [0.2, 0.25) is 0 Å². The van der Waals surface area contributed by atoms with Gasteiger partial charge < -0.3 is 19.9 Å². The number of aromatic nitrogens is 1. The molecular formula is C22H34N4O4. The Hall–Kier alpha value is -1.93. The molecule has 0 spiro atoms. The monoisotopic (exact) mass is 418 g/mol. The van der Waals surface area contributed by atoms with E-state index in [9.17, 15) is 9.59 Å². The first kappa shape index (κ1) is 21.3. The number of amides is 2. The van der Waals surface area contributed by atoms with Gasteiger partial charge in [0, 0.05) is 49.1 Å². The molecule has 4 rings (SSSR count). The molecule has 0 unspecified atom stereocenters. The zero-order valence-electron chi connectivity index (χ0n) is 18.4. The highest BCUT2D eigenvalue weighted by Gasteiger charge is 2.51. The lowest BCUT2D eigenvalue weighted by molar-refractivity contribution is -0.124. The molecule has 3 fully saturated rings. The van der Waals surface area contributed by atoms with Gasteiger partial charge >= 0.3 is 0 Å². The zero-order valence-corrected chi connectivity index (χ0v) is 18.4. The first-order chi connectivity index (χ1) is 14.3. The first-order valence-electron chi connectivity index (χ1n) is 11.2. The van der Waals surface area contributed by atoms with Gasteiger partial charge in [-0.25, -0.2) is 0 Å². The molecule has 0 radical (unpaired) electrons. The second-order valence-corrected chi connectivity index (χ2v) is 9.48. The predicted molar refractivity (Wildman–Crippen MR) is 111 cm³/mol. The van der Waals surface area contributed by atoms with Crippen molar-refractivity contribution in [2.75, 3.05) is 13.2 Å². The quantitative estimate of drug-likeness (QED) is 0.667. The molecule has 1 saturated carbocycles. The topological polar surface area (TPSA) is 96.7 Å². The third-order valence-electron chi connectivity index (χ3n) is 6.61. The number of aryl methyl sites for hydroxylation is 2. The summed E-state index contributed by atoms with van der Waals surface area (Å²) in [4.78, 5) is 27.4. The van der Waals surface area contributed by atoms with Gasteiger partial charge in [-0.05, 0) is 46.5 Å². The van der Waals surface area contributed by atoms with Gasteiger partial charge in [0.05, 0.1) is 24.8 Å². The lowest BCUT2D eigenvalue weighted by atomic mass is 9.84. The molecule has 8 heteroatoms. The standard InChI is InChI=1S/C22H34N4O4/c1-12(2)23-21(28)8-19-22-15(7-20(27)24-16-5-6-16)9-26(18(22)11-29-19)10-17-13(3)25-30-14(17)4/h12,15-16,18-19,22H,5-11H2,1-4H3,(H,23,28)(H,24,27)/t15-,18-,19+,22-/m1/s1. The van der Waals surface area contributed by atoms with Crippen LogP contribution in [0.1, 0.15) is 56.5 Å². The van der Waals surface area contributed by atoms with Crippen LogP contribution in [0.15, 0.2) is 4.52 Å². The van der Waals surface area contributed by atoms with Crippen LogP contribution in [0.4, 0.5) is 0 Å². The molecule has 4 atom stereocenters. The molecule has 30 heavy (non-hydrogen) atoms. The number of hydrogen-bond donors (Lipinski definition) is 2. The average molecular weight is 419 g/mol. The average Bonchev–Trinajstić information content (AvgIpc) is 3.15. The lowest BCUT2D eigenvalue weighted by Gasteiger charge is -2.23. The minimum atomic E-state index is -0.151. The minimum Gasteiger partial charge on any atom is -0.376 e.